The van der Waals surface area contributed by atoms with Crippen molar-refractivity contribution in [3.05, 3.63) is 59.5 Å². The van der Waals surface area contributed by atoms with Crippen molar-refractivity contribution in [2.75, 3.05) is 20.2 Å². The molecular weight excluding hydrogens is 339 g/mol. The number of pyridine rings is 1. The lowest BCUT2D eigenvalue weighted by Gasteiger charge is -2.39. The first-order valence-corrected chi connectivity index (χ1v) is 10.1. The highest BCUT2D eigenvalue weighted by Gasteiger charge is 2.41. The number of benzene rings is 1. The summed E-state index contributed by atoms with van der Waals surface area (Å²) in [4.78, 5) is 6.83. The van der Waals surface area contributed by atoms with E-state index in [1.165, 1.54) is 37.7 Å². The van der Waals surface area contributed by atoms with E-state index >= 15 is 0 Å². The largest absolute Gasteiger partial charge is 0.481 e. The SMILES string of the molecule is COc1ncccc1CN1CCC2(CCC(Cc3ccccc3F)C2)CC1. The molecule has 1 unspecified atom stereocenters. The normalized spacial score (nSPS) is 22.2. The molecule has 2 aliphatic rings. The Morgan fingerprint density at radius 2 is 1.89 bits per heavy atom. The quantitative estimate of drug-likeness (QED) is 0.754. The average Bonchev–Trinajstić information content (AvgIpc) is 3.08. The number of hydrogen-bond donors (Lipinski definition) is 0. The Kier molecular flexibility index (Phi) is 5.44. The molecule has 144 valence electrons. The molecule has 1 aromatic heterocycles. The molecule has 0 bridgehead atoms. The minimum atomic E-state index is -0.0429. The van der Waals surface area contributed by atoms with E-state index in [2.05, 4.69) is 16.0 Å². The van der Waals surface area contributed by atoms with Gasteiger partial charge in [-0.05, 0) is 80.6 Å². The minimum absolute atomic E-state index is 0.0429. The first kappa shape index (κ1) is 18.4. The summed E-state index contributed by atoms with van der Waals surface area (Å²) in [5, 5.41) is 0. The third-order valence-corrected chi connectivity index (χ3v) is 6.63. The van der Waals surface area contributed by atoms with E-state index in [0.29, 0.717) is 11.3 Å². The van der Waals surface area contributed by atoms with Crippen molar-refractivity contribution in [2.24, 2.45) is 11.3 Å². The van der Waals surface area contributed by atoms with Crippen LogP contribution in [0.5, 0.6) is 5.88 Å². The zero-order valence-electron chi connectivity index (χ0n) is 16.2. The van der Waals surface area contributed by atoms with E-state index in [9.17, 15) is 4.39 Å². The van der Waals surface area contributed by atoms with Gasteiger partial charge in [-0.15, -0.1) is 0 Å². The van der Waals surface area contributed by atoms with Crippen LogP contribution in [0.25, 0.3) is 0 Å². The van der Waals surface area contributed by atoms with Crippen LogP contribution in [0.4, 0.5) is 4.39 Å². The number of nitrogens with zero attached hydrogens (tertiary/aromatic N) is 2. The number of methoxy groups -OCH3 is 1. The van der Waals surface area contributed by atoms with Gasteiger partial charge in [0.2, 0.25) is 5.88 Å². The highest BCUT2D eigenvalue weighted by molar-refractivity contribution is 5.25. The van der Waals surface area contributed by atoms with Crippen LogP contribution in [0.3, 0.4) is 0 Å². The molecule has 1 saturated carbocycles. The van der Waals surface area contributed by atoms with Gasteiger partial charge in [-0.3, -0.25) is 4.90 Å². The fourth-order valence-electron chi connectivity index (χ4n) is 5.08. The van der Waals surface area contributed by atoms with Crippen molar-refractivity contribution in [1.82, 2.24) is 9.88 Å². The molecule has 4 rings (SSSR count). The Hall–Kier alpha value is -1.94. The minimum Gasteiger partial charge on any atom is -0.481 e. The van der Waals surface area contributed by atoms with Gasteiger partial charge in [0.1, 0.15) is 5.82 Å². The number of ether oxygens (including phenoxy) is 1. The van der Waals surface area contributed by atoms with Gasteiger partial charge in [0.25, 0.3) is 0 Å². The second kappa shape index (κ2) is 7.97. The summed E-state index contributed by atoms with van der Waals surface area (Å²) < 4.78 is 19.4. The Balaban J connectivity index is 1.32. The third-order valence-electron chi connectivity index (χ3n) is 6.63. The van der Waals surface area contributed by atoms with Crippen molar-refractivity contribution in [3.63, 3.8) is 0 Å². The van der Waals surface area contributed by atoms with E-state index < -0.39 is 0 Å². The summed E-state index contributed by atoms with van der Waals surface area (Å²) >= 11 is 0. The number of hydrogen-bond acceptors (Lipinski definition) is 3. The van der Waals surface area contributed by atoms with Gasteiger partial charge >= 0.3 is 0 Å². The molecular formula is C23H29FN2O. The lowest BCUT2D eigenvalue weighted by molar-refractivity contribution is 0.0990. The molecule has 27 heavy (non-hydrogen) atoms. The van der Waals surface area contributed by atoms with Gasteiger partial charge in [0.05, 0.1) is 7.11 Å². The number of piperidine rings is 1. The molecule has 1 spiro atoms. The van der Waals surface area contributed by atoms with Crippen LogP contribution in [-0.4, -0.2) is 30.1 Å². The number of halogens is 1. The highest BCUT2D eigenvalue weighted by atomic mass is 19.1. The average molecular weight is 368 g/mol. The standard InChI is InChI=1S/C23H29FN2O/c1-27-22-20(6-4-12-25-22)17-26-13-10-23(11-14-26)9-8-18(16-23)15-19-5-2-3-7-21(19)24/h2-7,12,18H,8-11,13-17H2,1H3. The summed E-state index contributed by atoms with van der Waals surface area (Å²) in [7, 11) is 1.69. The summed E-state index contributed by atoms with van der Waals surface area (Å²) in [6.45, 7) is 3.17. The number of rotatable bonds is 5. The maximum absolute atomic E-state index is 14.0. The number of aromatic nitrogens is 1. The Bertz CT molecular complexity index is 770. The molecule has 4 heteroatoms. The zero-order valence-corrected chi connectivity index (χ0v) is 16.2. The van der Waals surface area contributed by atoms with Crippen LogP contribution in [0.15, 0.2) is 42.6 Å². The summed E-state index contributed by atoms with van der Waals surface area (Å²) in [5.74, 6) is 1.33. The summed E-state index contributed by atoms with van der Waals surface area (Å²) in [5.41, 5.74) is 2.53. The van der Waals surface area contributed by atoms with Crippen molar-refractivity contribution in [2.45, 2.75) is 45.1 Å². The molecule has 0 N–H and O–H groups in total. The fraction of sp³-hybridized carbons (Fsp3) is 0.522. The van der Waals surface area contributed by atoms with Crippen LogP contribution in [0, 0.1) is 17.2 Å². The topological polar surface area (TPSA) is 25.4 Å². The van der Waals surface area contributed by atoms with Crippen molar-refractivity contribution >= 4 is 0 Å². The third kappa shape index (κ3) is 4.16. The molecule has 2 heterocycles. The molecule has 1 aliphatic heterocycles. The first-order chi connectivity index (χ1) is 13.2. The second-order valence-electron chi connectivity index (χ2n) is 8.35. The summed E-state index contributed by atoms with van der Waals surface area (Å²) in [6.07, 6.45) is 8.98. The van der Waals surface area contributed by atoms with Crippen LogP contribution in [-0.2, 0) is 13.0 Å². The van der Waals surface area contributed by atoms with E-state index in [-0.39, 0.29) is 5.82 Å². The highest BCUT2D eigenvalue weighted by Crippen LogP contribution is 2.50. The summed E-state index contributed by atoms with van der Waals surface area (Å²) in [6, 6.07) is 11.4. The molecule has 1 atom stereocenters. The van der Waals surface area contributed by atoms with Gasteiger partial charge in [-0.1, -0.05) is 24.3 Å². The Labute approximate surface area is 161 Å². The molecule has 0 radical (unpaired) electrons. The molecule has 0 amide bonds. The maximum Gasteiger partial charge on any atom is 0.217 e. The maximum atomic E-state index is 14.0. The molecule has 2 fully saturated rings. The monoisotopic (exact) mass is 368 g/mol. The van der Waals surface area contributed by atoms with Gasteiger partial charge in [0.15, 0.2) is 0 Å². The van der Waals surface area contributed by atoms with Crippen molar-refractivity contribution < 1.29 is 9.13 Å². The van der Waals surface area contributed by atoms with Gasteiger partial charge in [-0.25, -0.2) is 9.37 Å². The van der Waals surface area contributed by atoms with E-state index in [1.54, 1.807) is 25.4 Å². The van der Waals surface area contributed by atoms with Gasteiger partial charge < -0.3 is 4.74 Å². The fourth-order valence-corrected chi connectivity index (χ4v) is 5.08. The van der Waals surface area contributed by atoms with Crippen molar-refractivity contribution in [1.29, 1.82) is 0 Å². The molecule has 2 aromatic rings. The van der Waals surface area contributed by atoms with E-state index in [1.807, 2.05) is 18.2 Å². The van der Waals surface area contributed by atoms with E-state index in [0.717, 1.165) is 37.5 Å². The van der Waals surface area contributed by atoms with Crippen LogP contribution in [0.2, 0.25) is 0 Å². The second-order valence-corrected chi connectivity index (χ2v) is 8.35. The van der Waals surface area contributed by atoms with Gasteiger partial charge in [0, 0.05) is 18.3 Å². The van der Waals surface area contributed by atoms with Crippen LogP contribution < -0.4 is 4.74 Å². The predicted molar refractivity (Wildman–Crippen MR) is 105 cm³/mol. The molecule has 1 saturated heterocycles. The van der Waals surface area contributed by atoms with E-state index in [4.69, 9.17) is 4.74 Å². The van der Waals surface area contributed by atoms with Crippen LogP contribution >= 0.6 is 0 Å². The lowest BCUT2D eigenvalue weighted by atomic mass is 9.76. The van der Waals surface area contributed by atoms with Crippen molar-refractivity contribution in [3.8, 4) is 5.88 Å². The molecule has 1 aromatic carbocycles. The smallest absolute Gasteiger partial charge is 0.217 e. The number of likely N-dealkylation sites (tertiary alicyclic amines) is 1. The molecule has 1 aliphatic carbocycles. The Morgan fingerprint density at radius 3 is 2.67 bits per heavy atom. The zero-order chi connectivity index (χ0) is 18.7. The lowest BCUT2D eigenvalue weighted by Crippen LogP contribution is -2.38. The van der Waals surface area contributed by atoms with Gasteiger partial charge in [-0.2, -0.15) is 0 Å². The molecule has 3 nitrogen and oxygen atoms in total. The first-order valence-electron chi connectivity index (χ1n) is 10.1. The van der Waals surface area contributed by atoms with Crippen LogP contribution in [0.1, 0.15) is 43.2 Å². The Morgan fingerprint density at radius 1 is 1.11 bits per heavy atom. The predicted octanol–water partition coefficient (Wildman–Crippen LogP) is 4.85.